The van der Waals surface area contributed by atoms with E-state index in [4.69, 9.17) is 4.74 Å². The van der Waals surface area contributed by atoms with Crippen molar-refractivity contribution in [3.05, 3.63) is 53.5 Å². The van der Waals surface area contributed by atoms with Gasteiger partial charge in [-0.3, -0.25) is 14.6 Å². The van der Waals surface area contributed by atoms with Crippen LogP contribution in [-0.4, -0.2) is 39.0 Å². The van der Waals surface area contributed by atoms with Crippen LogP contribution in [-0.2, 0) is 11.8 Å². The molecule has 2 aromatic heterocycles. The number of carbonyl (C=O) groups is 2. The summed E-state index contributed by atoms with van der Waals surface area (Å²) in [6.45, 7) is 2.00. The molecule has 1 aromatic carbocycles. The maximum absolute atomic E-state index is 12.4. The molecule has 0 aliphatic rings. The zero-order chi connectivity index (χ0) is 18.0. The zero-order valence-electron chi connectivity index (χ0n) is 14.0. The Balaban J connectivity index is 1.81. The maximum Gasteiger partial charge on any atom is 0.358 e. The summed E-state index contributed by atoms with van der Waals surface area (Å²) in [7, 11) is 2.86. The highest BCUT2D eigenvalue weighted by Crippen LogP contribution is 2.20. The topological polar surface area (TPSA) is 102 Å². The first-order chi connectivity index (χ1) is 12.0. The van der Waals surface area contributed by atoms with E-state index >= 15 is 0 Å². The number of rotatable bonds is 4. The number of aryl methyl sites for hydroxylation is 2. The van der Waals surface area contributed by atoms with Crippen LogP contribution in [0.4, 0.5) is 5.69 Å². The first-order valence-corrected chi connectivity index (χ1v) is 7.53. The predicted molar refractivity (Wildman–Crippen MR) is 91.3 cm³/mol. The number of nitrogens with zero attached hydrogens (tertiary/aromatic N) is 3. The Bertz CT molecular complexity index is 924. The molecule has 128 valence electrons. The predicted octanol–water partition coefficient (Wildman–Crippen LogP) is 2.16. The van der Waals surface area contributed by atoms with E-state index in [1.807, 2.05) is 31.2 Å². The summed E-state index contributed by atoms with van der Waals surface area (Å²) in [6, 6.07) is 9.46. The lowest BCUT2D eigenvalue weighted by atomic mass is 10.1. The molecule has 1 amide bonds. The normalized spacial score (nSPS) is 10.5. The number of anilines is 1. The SMILES string of the molecule is COC(=O)c1c(NC(=O)c2cc(-c3ccc(C)cc3)n[nH]2)cnn1C. The molecule has 0 atom stereocenters. The number of aromatic amines is 1. The highest BCUT2D eigenvalue weighted by molar-refractivity contribution is 6.06. The molecule has 2 N–H and O–H groups in total. The molecule has 3 aromatic rings. The van der Waals surface area contributed by atoms with Crippen LogP contribution < -0.4 is 5.32 Å². The van der Waals surface area contributed by atoms with Crippen LogP contribution in [0.1, 0.15) is 26.5 Å². The number of nitrogens with one attached hydrogen (secondary N) is 2. The summed E-state index contributed by atoms with van der Waals surface area (Å²) < 4.78 is 6.04. The summed E-state index contributed by atoms with van der Waals surface area (Å²) in [4.78, 5) is 24.2. The molecular formula is C17H17N5O3. The van der Waals surface area contributed by atoms with Crippen LogP contribution >= 0.6 is 0 Å². The Hall–Kier alpha value is -3.42. The molecule has 0 aliphatic heterocycles. The van der Waals surface area contributed by atoms with E-state index in [0.29, 0.717) is 5.69 Å². The van der Waals surface area contributed by atoms with E-state index in [0.717, 1.165) is 11.1 Å². The van der Waals surface area contributed by atoms with Crippen LogP contribution in [0.25, 0.3) is 11.3 Å². The molecule has 3 rings (SSSR count). The molecular weight excluding hydrogens is 322 g/mol. The van der Waals surface area contributed by atoms with E-state index in [2.05, 4.69) is 20.6 Å². The number of ether oxygens (including phenoxy) is 1. The van der Waals surface area contributed by atoms with Crippen molar-refractivity contribution >= 4 is 17.6 Å². The highest BCUT2D eigenvalue weighted by Gasteiger charge is 2.20. The lowest BCUT2D eigenvalue weighted by Crippen LogP contribution is -2.16. The summed E-state index contributed by atoms with van der Waals surface area (Å²) >= 11 is 0. The summed E-state index contributed by atoms with van der Waals surface area (Å²) in [5.41, 5.74) is 3.40. The first-order valence-electron chi connectivity index (χ1n) is 7.53. The number of amides is 1. The highest BCUT2D eigenvalue weighted by atomic mass is 16.5. The van der Waals surface area contributed by atoms with E-state index in [1.165, 1.54) is 18.0 Å². The molecule has 25 heavy (non-hydrogen) atoms. The number of hydrogen-bond donors (Lipinski definition) is 2. The molecule has 8 nitrogen and oxygen atoms in total. The largest absolute Gasteiger partial charge is 0.464 e. The number of aromatic nitrogens is 4. The molecule has 0 unspecified atom stereocenters. The number of methoxy groups -OCH3 is 1. The van der Waals surface area contributed by atoms with E-state index in [1.54, 1.807) is 13.1 Å². The fraction of sp³-hybridized carbons (Fsp3) is 0.176. The van der Waals surface area contributed by atoms with Gasteiger partial charge in [0.15, 0.2) is 5.69 Å². The van der Waals surface area contributed by atoms with Gasteiger partial charge < -0.3 is 10.1 Å². The lowest BCUT2D eigenvalue weighted by Gasteiger charge is -2.05. The van der Waals surface area contributed by atoms with Gasteiger partial charge >= 0.3 is 5.97 Å². The minimum Gasteiger partial charge on any atom is -0.464 e. The first kappa shape index (κ1) is 16.4. The average Bonchev–Trinajstić information content (AvgIpc) is 3.22. The van der Waals surface area contributed by atoms with Gasteiger partial charge in [-0.25, -0.2) is 4.79 Å². The van der Waals surface area contributed by atoms with E-state index in [-0.39, 0.29) is 17.1 Å². The Labute approximate surface area is 143 Å². The second kappa shape index (κ2) is 6.60. The monoisotopic (exact) mass is 339 g/mol. The van der Waals surface area contributed by atoms with Crippen molar-refractivity contribution in [2.24, 2.45) is 7.05 Å². The van der Waals surface area contributed by atoms with Gasteiger partial charge in [0.2, 0.25) is 0 Å². The van der Waals surface area contributed by atoms with Crippen LogP contribution in [0, 0.1) is 6.92 Å². The van der Waals surface area contributed by atoms with Gasteiger partial charge in [0, 0.05) is 12.6 Å². The third-order valence-electron chi connectivity index (χ3n) is 3.74. The number of benzene rings is 1. The van der Waals surface area contributed by atoms with Gasteiger partial charge in [-0.05, 0) is 13.0 Å². The Kier molecular flexibility index (Phi) is 4.34. The van der Waals surface area contributed by atoms with E-state index in [9.17, 15) is 9.59 Å². The van der Waals surface area contributed by atoms with Crippen molar-refractivity contribution < 1.29 is 14.3 Å². The van der Waals surface area contributed by atoms with Gasteiger partial charge in [0.1, 0.15) is 5.69 Å². The molecule has 0 radical (unpaired) electrons. The van der Waals surface area contributed by atoms with Crippen LogP contribution in [0.15, 0.2) is 36.5 Å². The lowest BCUT2D eigenvalue weighted by molar-refractivity contribution is 0.0589. The van der Waals surface area contributed by atoms with Crippen LogP contribution in [0.3, 0.4) is 0 Å². The standard InChI is InChI=1S/C17H17N5O3/c1-10-4-6-11(7-5-10)12-8-13(21-20-12)16(23)19-14-9-18-22(2)15(14)17(24)25-3/h4-9H,1-3H3,(H,19,23)(H,20,21). The van der Waals surface area contributed by atoms with Gasteiger partial charge in [-0.1, -0.05) is 29.8 Å². The number of esters is 1. The third-order valence-corrected chi connectivity index (χ3v) is 3.74. The van der Waals surface area contributed by atoms with Crippen molar-refractivity contribution in [3.63, 3.8) is 0 Å². The number of H-pyrrole nitrogens is 1. The average molecular weight is 339 g/mol. The summed E-state index contributed by atoms with van der Waals surface area (Å²) in [6.07, 6.45) is 1.39. The third kappa shape index (κ3) is 3.27. The molecule has 0 aliphatic carbocycles. The van der Waals surface area contributed by atoms with Crippen molar-refractivity contribution in [3.8, 4) is 11.3 Å². The Morgan fingerprint density at radius 2 is 1.96 bits per heavy atom. The van der Waals surface area contributed by atoms with Gasteiger partial charge in [-0.2, -0.15) is 10.2 Å². The van der Waals surface area contributed by atoms with Gasteiger partial charge in [0.25, 0.3) is 5.91 Å². The molecule has 2 heterocycles. The van der Waals surface area contributed by atoms with Crippen molar-refractivity contribution in [2.45, 2.75) is 6.92 Å². The Morgan fingerprint density at radius 3 is 2.64 bits per heavy atom. The second-order valence-electron chi connectivity index (χ2n) is 5.51. The zero-order valence-corrected chi connectivity index (χ0v) is 14.0. The Morgan fingerprint density at radius 1 is 1.24 bits per heavy atom. The summed E-state index contributed by atoms with van der Waals surface area (Å²) in [5, 5.41) is 13.5. The molecule has 0 saturated carbocycles. The number of hydrogen-bond acceptors (Lipinski definition) is 5. The molecule has 0 saturated heterocycles. The number of carbonyl (C=O) groups excluding carboxylic acids is 2. The van der Waals surface area contributed by atoms with E-state index < -0.39 is 11.9 Å². The quantitative estimate of drug-likeness (QED) is 0.709. The van der Waals surface area contributed by atoms with Gasteiger partial charge in [-0.15, -0.1) is 0 Å². The van der Waals surface area contributed by atoms with Crippen LogP contribution in [0.5, 0.6) is 0 Å². The minimum absolute atomic E-state index is 0.161. The fourth-order valence-corrected chi connectivity index (χ4v) is 2.37. The molecule has 0 bridgehead atoms. The van der Waals surface area contributed by atoms with Gasteiger partial charge in [0.05, 0.1) is 24.7 Å². The minimum atomic E-state index is -0.583. The van der Waals surface area contributed by atoms with Crippen molar-refractivity contribution in [1.29, 1.82) is 0 Å². The fourth-order valence-electron chi connectivity index (χ4n) is 2.37. The molecule has 8 heteroatoms. The second-order valence-corrected chi connectivity index (χ2v) is 5.51. The smallest absolute Gasteiger partial charge is 0.358 e. The molecule has 0 fully saturated rings. The summed E-state index contributed by atoms with van der Waals surface area (Å²) in [5.74, 6) is -1.01. The maximum atomic E-state index is 12.4. The van der Waals surface area contributed by atoms with Crippen molar-refractivity contribution in [2.75, 3.05) is 12.4 Å². The molecule has 0 spiro atoms. The van der Waals surface area contributed by atoms with Crippen LogP contribution in [0.2, 0.25) is 0 Å². The van der Waals surface area contributed by atoms with Crippen molar-refractivity contribution in [1.82, 2.24) is 20.0 Å².